The maximum Gasteiger partial charge on any atom is 0.305 e. The van der Waals surface area contributed by atoms with Crippen LogP contribution in [0.2, 0.25) is 0 Å². The smallest absolute Gasteiger partial charge is 0.305 e. The van der Waals surface area contributed by atoms with Crippen molar-refractivity contribution in [3.8, 4) is 0 Å². The second kappa shape index (κ2) is 12.9. The summed E-state index contributed by atoms with van der Waals surface area (Å²) < 4.78 is 10.8. The third kappa shape index (κ3) is 9.45. The fourth-order valence-corrected chi connectivity index (χ4v) is 3.28. The van der Waals surface area contributed by atoms with E-state index in [4.69, 9.17) is 4.74 Å². The molecule has 0 radical (unpaired) electrons. The van der Waals surface area contributed by atoms with E-state index in [1.54, 1.807) is 0 Å². The number of hydrogen-bond acceptors (Lipinski definition) is 3. The summed E-state index contributed by atoms with van der Waals surface area (Å²) in [5.74, 6) is -0.0793. The Labute approximate surface area is 137 Å². The molecule has 0 amide bonds. The van der Waals surface area contributed by atoms with Crippen LogP contribution < -0.4 is 0 Å². The highest BCUT2D eigenvalue weighted by Gasteiger charge is 2.24. The maximum absolute atomic E-state index is 11.0. The van der Waals surface area contributed by atoms with Crippen LogP contribution in [0.15, 0.2) is 0 Å². The molecule has 1 aliphatic rings. The maximum atomic E-state index is 11.0. The van der Waals surface area contributed by atoms with E-state index >= 15 is 0 Å². The van der Waals surface area contributed by atoms with Crippen LogP contribution in [-0.2, 0) is 14.3 Å². The van der Waals surface area contributed by atoms with E-state index in [1.807, 2.05) is 0 Å². The van der Waals surface area contributed by atoms with Gasteiger partial charge in [0.1, 0.15) is 0 Å². The molecule has 1 rings (SSSR count). The lowest BCUT2D eigenvalue weighted by molar-refractivity contribution is -0.140. The highest BCUT2D eigenvalue weighted by molar-refractivity contribution is 5.68. The first-order valence-electron chi connectivity index (χ1n) is 9.48. The molecule has 0 saturated carbocycles. The quantitative estimate of drug-likeness (QED) is 0.337. The lowest BCUT2D eigenvalue weighted by Crippen LogP contribution is -2.10. The Hall–Kier alpha value is -0.570. The lowest BCUT2D eigenvalue weighted by atomic mass is 10.0. The minimum atomic E-state index is -0.0793. The first kappa shape index (κ1) is 19.5. The van der Waals surface area contributed by atoms with Crippen molar-refractivity contribution in [1.29, 1.82) is 0 Å². The van der Waals surface area contributed by atoms with Crippen LogP contribution >= 0.6 is 0 Å². The van der Waals surface area contributed by atoms with Crippen LogP contribution in [0.5, 0.6) is 0 Å². The minimum Gasteiger partial charge on any atom is -0.469 e. The predicted molar refractivity (Wildman–Crippen MR) is 91.0 cm³/mol. The molecule has 130 valence electrons. The van der Waals surface area contributed by atoms with Crippen LogP contribution in [-0.4, -0.2) is 25.3 Å². The normalized spacial score (nSPS) is 21.2. The number of ether oxygens (including phenoxy) is 2. The summed E-state index contributed by atoms with van der Waals surface area (Å²) >= 11 is 0. The van der Waals surface area contributed by atoms with Gasteiger partial charge >= 0.3 is 5.97 Å². The Kier molecular flexibility index (Phi) is 11.4. The molecule has 0 aromatic rings. The second-order valence-corrected chi connectivity index (χ2v) is 6.69. The number of carbonyl (C=O) groups is 1. The van der Waals surface area contributed by atoms with Crippen molar-refractivity contribution < 1.29 is 14.3 Å². The van der Waals surface area contributed by atoms with Gasteiger partial charge in [-0.3, -0.25) is 4.79 Å². The summed E-state index contributed by atoms with van der Waals surface area (Å²) in [7, 11) is 1.46. The third-order valence-electron chi connectivity index (χ3n) is 4.71. The molecule has 1 fully saturated rings. The van der Waals surface area contributed by atoms with Crippen molar-refractivity contribution >= 4 is 5.97 Å². The molecule has 0 N–H and O–H groups in total. The second-order valence-electron chi connectivity index (χ2n) is 6.69. The Morgan fingerprint density at radius 2 is 1.45 bits per heavy atom. The average molecular weight is 312 g/mol. The number of esters is 1. The summed E-state index contributed by atoms with van der Waals surface area (Å²) in [6.07, 6.45) is 17.9. The fourth-order valence-electron chi connectivity index (χ4n) is 3.28. The highest BCUT2D eigenvalue weighted by atomic mass is 16.5. The molecule has 1 saturated heterocycles. The molecular formula is C19H36O3. The average Bonchev–Trinajstić information content (AvgIpc) is 2.98. The third-order valence-corrected chi connectivity index (χ3v) is 4.71. The van der Waals surface area contributed by atoms with Gasteiger partial charge in [-0.2, -0.15) is 0 Å². The molecule has 3 heteroatoms. The molecule has 0 aromatic carbocycles. The summed E-state index contributed by atoms with van der Waals surface area (Å²) in [6.45, 7) is 2.26. The van der Waals surface area contributed by atoms with Crippen LogP contribution in [0, 0.1) is 0 Å². The molecular weight excluding hydrogens is 276 g/mol. The number of carbonyl (C=O) groups excluding carboxylic acids is 1. The van der Waals surface area contributed by atoms with Gasteiger partial charge in [0.2, 0.25) is 0 Å². The van der Waals surface area contributed by atoms with Gasteiger partial charge in [0, 0.05) is 6.42 Å². The molecule has 0 aliphatic carbocycles. The van der Waals surface area contributed by atoms with Crippen molar-refractivity contribution in [2.75, 3.05) is 7.11 Å². The zero-order chi connectivity index (χ0) is 16.0. The van der Waals surface area contributed by atoms with E-state index in [2.05, 4.69) is 11.7 Å². The zero-order valence-corrected chi connectivity index (χ0v) is 14.8. The Morgan fingerprint density at radius 3 is 2.05 bits per heavy atom. The molecule has 22 heavy (non-hydrogen) atoms. The van der Waals surface area contributed by atoms with Gasteiger partial charge in [0.15, 0.2) is 0 Å². The Balaban J connectivity index is 1.88. The van der Waals surface area contributed by atoms with Crippen LogP contribution in [0.3, 0.4) is 0 Å². The molecule has 2 atom stereocenters. The SMILES string of the molecule is CCCCCCC1CCC(CCCCCCCC(=O)OC)O1. The lowest BCUT2D eigenvalue weighted by Gasteiger charge is -2.13. The summed E-state index contributed by atoms with van der Waals surface area (Å²) in [5.41, 5.74) is 0. The summed E-state index contributed by atoms with van der Waals surface area (Å²) in [5, 5.41) is 0. The van der Waals surface area contributed by atoms with E-state index in [9.17, 15) is 4.79 Å². The fraction of sp³-hybridized carbons (Fsp3) is 0.947. The molecule has 3 nitrogen and oxygen atoms in total. The van der Waals surface area contributed by atoms with E-state index in [0.29, 0.717) is 18.6 Å². The van der Waals surface area contributed by atoms with Gasteiger partial charge in [-0.05, 0) is 32.1 Å². The summed E-state index contributed by atoms with van der Waals surface area (Å²) in [6, 6.07) is 0. The van der Waals surface area contributed by atoms with Crippen molar-refractivity contribution in [3.63, 3.8) is 0 Å². The van der Waals surface area contributed by atoms with Gasteiger partial charge in [-0.25, -0.2) is 0 Å². The Bertz CT molecular complexity index is 278. The van der Waals surface area contributed by atoms with Crippen molar-refractivity contribution in [3.05, 3.63) is 0 Å². The minimum absolute atomic E-state index is 0.0793. The summed E-state index contributed by atoms with van der Waals surface area (Å²) in [4.78, 5) is 11.0. The topological polar surface area (TPSA) is 35.5 Å². The largest absolute Gasteiger partial charge is 0.469 e. The monoisotopic (exact) mass is 312 g/mol. The molecule has 1 aliphatic heterocycles. The van der Waals surface area contributed by atoms with E-state index < -0.39 is 0 Å². The number of unbranched alkanes of at least 4 members (excludes halogenated alkanes) is 7. The predicted octanol–water partition coefficient (Wildman–Crippen LogP) is 5.41. The van der Waals surface area contributed by atoms with Gasteiger partial charge in [0.25, 0.3) is 0 Å². The van der Waals surface area contributed by atoms with Gasteiger partial charge in [-0.1, -0.05) is 58.3 Å². The first-order chi connectivity index (χ1) is 10.8. The molecule has 1 heterocycles. The zero-order valence-electron chi connectivity index (χ0n) is 14.8. The number of methoxy groups -OCH3 is 1. The van der Waals surface area contributed by atoms with Gasteiger partial charge in [0.05, 0.1) is 19.3 Å². The number of rotatable bonds is 13. The molecule has 0 bridgehead atoms. The van der Waals surface area contributed by atoms with Crippen LogP contribution in [0.4, 0.5) is 0 Å². The highest BCUT2D eigenvalue weighted by Crippen LogP contribution is 2.27. The van der Waals surface area contributed by atoms with Crippen molar-refractivity contribution in [2.45, 2.75) is 109 Å². The Morgan fingerprint density at radius 1 is 0.909 bits per heavy atom. The van der Waals surface area contributed by atoms with Crippen LogP contribution in [0.1, 0.15) is 96.8 Å². The van der Waals surface area contributed by atoms with E-state index in [0.717, 1.165) is 12.8 Å². The molecule has 2 unspecified atom stereocenters. The number of hydrogen-bond donors (Lipinski definition) is 0. The standard InChI is InChI=1S/C19H36O3/c1-3-4-5-9-12-17-15-16-18(22-17)13-10-7-6-8-11-14-19(20)21-2/h17-18H,3-16H2,1-2H3. The van der Waals surface area contributed by atoms with E-state index in [-0.39, 0.29) is 5.97 Å². The van der Waals surface area contributed by atoms with Gasteiger partial charge < -0.3 is 9.47 Å². The van der Waals surface area contributed by atoms with E-state index in [1.165, 1.54) is 77.7 Å². The first-order valence-corrected chi connectivity index (χ1v) is 9.48. The van der Waals surface area contributed by atoms with Crippen molar-refractivity contribution in [1.82, 2.24) is 0 Å². The molecule has 0 aromatic heterocycles. The van der Waals surface area contributed by atoms with Crippen LogP contribution in [0.25, 0.3) is 0 Å². The molecule has 0 spiro atoms. The van der Waals surface area contributed by atoms with Gasteiger partial charge in [-0.15, -0.1) is 0 Å². The van der Waals surface area contributed by atoms with Crippen molar-refractivity contribution in [2.24, 2.45) is 0 Å².